The van der Waals surface area contributed by atoms with Crippen molar-refractivity contribution in [3.8, 4) is 0 Å². The van der Waals surface area contributed by atoms with Gasteiger partial charge in [-0.2, -0.15) is 0 Å². The maximum atomic E-state index is 11.6. The van der Waals surface area contributed by atoms with Crippen molar-refractivity contribution in [3.63, 3.8) is 0 Å². The monoisotopic (exact) mass is 358 g/mol. The average molecular weight is 358 g/mol. The van der Waals surface area contributed by atoms with Crippen LogP contribution in [0, 0.1) is 0 Å². The minimum Gasteiger partial charge on any atom is -0.456 e. The molecule has 0 saturated carbocycles. The Morgan fingerprint density at radius 1 is 1.00 bits per heavy atom. The molecule has 2 heterocycles. The number of Topliss-reactive ketones (excluding diaryl/α,β-unsaturated/α-hetero) is 1. The normalized spacial score (nSPS) is 34.7. The third-order valence-corrected chi connectivity index (χ3v) is 4.10. The first-order chi connectivity index (χ1) is 11.8. The maximum absolute atomic E-state index is 11.6. The Kier molecular flexibility index (Phi) is 6.92. The molecule has 0 amide bonds. The molecule has 2 aliphatic heterocycles. The summed E-state index contributed by atoms with van der Waals surface area (Å²) in [4.78, 5) is 34.7. The summed E-state index contributed by atoms with van der Waals surface area (Å²) in [6, 6.07) is 0. The highest BCUT2D eigenvalue weighted by molar-refractivity contribution is 5.76. The van der Waals surface area contributed by atoms with Crippen molar-refractivity contribution in [1.29, 1.82) is 0 Å². The van der Waals surface area contributed by atoms with E-state index in [-0.39, 0.29) is 18.8 Å². The molecule has 2 saturated heterocycles. The Balaban J connectivity index is 2.27. The number of ketones is 1. The Morgan fingerprint density at radius 2 is 1.64 bits per heavy atom. The molecule has 0 radical (unpaired) electrons. The van der Waals surface area contributed by atoms with E-state index < -0.39 is 48.7 Å². The van der Waals surface area contributed by atoms with Crippen LogP contribution in [0.25, 0.3) is 0 Å². The first-order valence-electron chi connectivity index (χ1n) is 8.58. The number of hydrogen-bond acceptors (Lipinski definition) is 8. The Morgan fingerprint density at radius 3 is 2.20 bits per heavy atom. The first-order valence-corrected chi connectivity index (χ1v) is 8.58. The lowest BCUT2D eigenvalue weighted by Gasteiger charge is -2.48. The smallest absolute Gasteiger partial charge is 0.303 e. The molecule has 2 rings (SSSR count). The molecule has 0 aromatic rings. The molecule has 4 unspecified atom stereocenters. The van der Waals surface area contributed by atoms with Crippen LogP contribution in [0.3, 0.4) is 0 Å². The van der Waals surface area contributed by atoms with Crippen LogP contribution in [0.2, 0.25) is 0 Å². The van der Waals surface area contributed by atoms with E-state index in [2.05, 4.69) is 0 Å². The first kappa shape index (κ1) is 19.8. The summed E-state index contributed by atoms with van der Waals surface area (Å²) >= 11 is 0. The second kappa shape index (κ2) is 8.73. The van der Waals surface area contributed by atoms with E-state index in [9.17, 15) is 14.4 Å². The molecule has 0 aromatic carbocycles. The van der Waals surface area contributed by atoms with Crippen molar-refractivity contribution in [3.05, 3.63) is 0 Å². The number of hydrogen-bond donors (Lipinski definition) is 0. The largest absolute Gasteiger partial charge is 0.456 e. The summed E-state index contributed by atoms with van der Waals surface area (Å²) in [5.41, 5.74) is 0. The van der Waals surface area contributed by atoms with Gasteiger partial charge in [-0.05, 0) is 13.3 Å². The zero-order chi connectivity index (χ0) is 18.6. The zero-order valence-electron chi connectivity index (χ0n) is 15.1. The molecule has 0 bridgehead atoms. The molecule has 8 heteroatoms. The van der Waals surface area contributed by atoms with Crippen LogP contribution >= 0.6 is 0 Å². The summed E-state index contributed by atoms with van der Waals surface area (Å²) in [5, 5.41) is 0. The van der Waals surface area contributed by atoms with E-state index in [4.69, 9.17) is 23.7 Å². The summed E-state index contributed by atoms with van der Waals surface area (Å²) in [6.07, 6.45) is -2.46. The van der Waals surface area contributed by atoms with Gasteiger partial charge in [0.05, 0.1) is 6.61 Å². The van der Waals surface area contributed by atoms with Gasteiger partial charge in [0, 0.05) is 20.3 Å². The van der Waals surface area contributed by atoms with E-state index in [0.717, 1.165) is 6.42 Å². The molecule has 6 atom stereocenters. The van der Waals surface area contributed by atoms with Crippen LogP contribution in [0.15, 0.2) is 0 Å². The van der Waals surface area contributed by atoms with Crippen LogP contribution in [-0.2, 0) is 38.1 Å². The molecule has 2 aliphatic rings. The Bertz CT molecular complexity index is 505. The minimum atomic E-state index is -0.910. The molecule has 2 fully saturated rings. The van der Waals surface area contributed by atoms with Gasteiger partial charge in [0.25, 0.3) is 0 Å². The lowest BCUT2D eigenvalue weighted by Crippen LogP contribution is -2.64. The Hall–Kier alpha value is -1.51. The highest BCUT2D eigenvalue weighted by Crippen LogP contribution is 2.34. The van der Waals surface area contributed by atoms with E-state index in [0.29, 0.717) is 6.42 Å². The summed E-state index contributed by atoms with van der Waals surface area (Å²) < 4.78 is 28.2. The fourth-order valence-electron chi connectivity index (χ4n) is 3.20. The Labute approximate surface area is 147 Å². The van der Waals surface area contributed by atoms with Gasteiger partial charge in [-0.3, -0.25) is 14.4 Å². The van der Waals surface area contributed by atoms with Gasteiger partial charge in [-0.1, -0.05) is 13.3 Å². The van der Waals surface area contributed by atoms with Gasteiger partial charge in [0.1, 0.15) is 24.1 Å². The van der Waals surface area contributed by atoms with E-state index in [1.807, 2.05) is 6.92 Å². The zero-order valence-corrected chi connectivity index (χ0v) is 15.1. The van der Waals surface area contributed by atoms with Gasteiger partial charge >= 0.3 is 11.9 Å². The number of carbonyl (C=O) groups is 3. The maximum Gasteiger partial charge on any atom is 0.303 e. The molecule has 142 valence electrons. The summed E-state index contributed by atoms with van der Waals surface area (Å²) in [5.74, 6) is -1.19. The predicted molar refractivity (Wildman–Crippen MR) is 84.6 cm³/mol. The number of rotatable bonds is 6. The minimum absolute atomic E-state index is 0.0390. The second-order valence-corrected chi connectivity index (χ2v) is 6.42. The molecule has 0 aliphatic carbocycles. The highest BCUT2D eigenvalue weighted by atomic mass is 16.7. The number of ether oxygens (including phenoxy) is 5. The average Bonchev–Trinajstić information content (AvgIpc) is 2.50. The van der Waals surface area contributed by atoms with Crippen molar-refractivity contribution >= 4 is 17.7 Å². The van der Waals surface area contributed by atoms with Crippen molar-refractivity contribution in [2.75, 3.05) is 6.61 Å². The fraction of sp³-hybridized carbons (Fsp3) is 0.824. The molecule has 25 heavy (non-hydrogen) atoms. The fourth-order valence-corrected chi connectivity index (χ4v) is 3.20. The molecular formula is C17H26O8. The predicted octanol–water partition coefficient (Wildman–Crippen LogP) is 1.14. The van der Waals surface area contributed by atoms with E-state index >= 15 is 0 Å². The van der Waals surface area contributed by atoms with Crippen LogP contribution in [-0.4, -0.2) is 61.1 Å². The van der Waals surface area contributed by atoms with Crippen LogP contribution < -0.4 is 0 Å². The summed E-state index contributed by atoms with van der Waals surface area (Å²) in [7, 11) is 0. The van der Waals surface area contributed by atoms with Gasteiger partial charge in [0.2, 0.25) is 0 Å². The van der Waals surface area contributed by atoms with Crippen molar-refractivity contribution in [1.82, 2.24) is 0 Å². The summed E-state index contributed by atoms with van der Waals surface area (Å²) in [6.45, 7) is 6.22. The number of fused-ring (bicyclic) bond motifs is 1. The lowest BCUT2D eigenvalue weighted by molar-refractivity contribution is -0.327. The van der Waals surface area contributed by atoms with E-state index in [1.54, 1.807) is 0 Å². The molecule has 8 nitrogen and oxygen atoms in total. The standard InChI is InChI=1S/C17H26O8/c1-5-6-14-21-8-13-16(25-14)17(23-11(4)20)15(22-10(3)19)12(24-13)7-9(2)18/h12-17H,5-8H2,1-4H3/t12-,13?,14?,15?,16+,17?/m0/s1. The van der Waals surface area contributed by atoms with Crippen LogP contribution in [0.1, 0.15) is 47.0 Å². The topological polar surface area (TPSA) is 97.4 Å². The van der Waals surface area contributed by atoms with Crippen molar-refractivity contribution in [2.24, 2.45) is 0 Å². The van der Waals surface area contributed by atoms with Crippen molar-refractivity contribution < 1.29 is 38.1 Å². The number of carbonyl (C=O) groups excluding carboxylic acids is 3. The third-order valence-electron chi connectivity index (χ3n) is 4.10. The second-order valence-electron chi connectivity index (χ2n) is 6.42. The molecule has 0 spiro atoms. The van der Waals surface area contributed by atoms with Gasteiger partial charge in [-0.15, -0.1) is 0 Å². The number of esters is 2. The molecule has 0 N–H and O–H groups in total. The molecular weight excluding hydrogens is 332 g/mol. The van der Waals surface area contributed by atoms with Crippen LogP contribution in [0.4, 0.5) is 0 Å². The van der Waals surface area contributed by atoms with E-state index in [1.165, 1.54) is 20.8 Å². The van der Waals surface area contributed by atoms with Gasteiger partial charge in [0.15, 0.2) is 18.5 Å². The van der Waals surface area contributed by atoms with Gasteiger partial charge in [-0.25, -0.2) is 0 Å². The lowest BCUT2D eigenvalue weighted by atomic mass is 9.91. The van der Waals surface area contributed by atoms with Crippen molar-refractivity contribution in [2.45, 2.75) is 83.8 Å². The van der Waals surface area contributed by atoms with Crippen LogP contribution in [0.5, 0.6) is 0 Å². The third kappa shape index (κ3) is 5.23. The molecule has 0 aromatic heterocycles. The quantitative estimate of drug-likeness (QED) is 0.652. The van der Waals surface area contributed by atoms with Gasteiger partial charge < -0.3 is 23.7 Å². The highest BCUT2D eigenvalue weighted by Gasteiger charge is 2.53. The SMILES string of the molecule is CCCC1OCC2O[C@@H](CC(C)=O)C(OC(C)=O)C(OC(C)=O)[C@@H]2O1.